The largest absolute Gasteiger partial charge is 0.243 e. The lowest BCUT2D eigenvalue weighted by Gasteiger charge is -2.38. The molecular weight excluding hydrogens is 390 g/mol. The molecule has 4 rings (SSSR count). The fourth-order valence-electron chi connectivity index (χ4n) is 4.06. The predicted octanol–water partition coefficient (Wildman–Crippen LogP) is 5.30. The molecule has 3 aromatic rings. The topological polar surface area (TPSA) is 37.4 Å². The Bertz CT molecular complexity index is 1040. The van der Waals surface area contributed by atoms with E-state index in [1.54, 1.807) is 28.6 Å². The third-order valence-corrected chi connectivity index (χ3v) is 7.58. The molecule has 28 heavy (non-hydrogen) atoms. The molecule has 3 nitrogen and oxygen atoms in total. The summed E-state index contributed by atoms with van der Waals surface area (Å²) in [7, 11) is -3.52. The first-order valence-electron chi connectivity index (χ1n) is 9.41. The average molecular weight is 412 g/mol. The van der Waals surface area contributed by atoms with Crippen LogP contribution in [0.25, 0.3) is 0 Å². The molecule has 0 spiro atoms. The predicted molar refractivity (Wildman–Crippen MR) is 113 cm³/mol. The van der Waals surface area contributed by atoms with Crippen molar-refractivity contribution in [2.24, 2.45) is 0 Å². The molecule has 5 heteroatoms. The van der Waals surface area contributed by atoms with E-state index in [-0.39, 0.29) is 11.8 Å². The molecule has 3 aromatic carbocycles. The van der Waals surface area contributed by atoms with Crippen molar-refractivity contribution in [2.45, 2.75) is 23.2 Å². The van der Waals surface area contributed by atoms with Crippen LogP contribution >= 0.6 is 11.6 Å². The van der Waals surface area contributed by atoms with Gasteiger partial charge in [0.05, 0.1) is 4.90 Å². The van der Waals surface area contributed by atoms with Gasteiger partial charge in [0.15, 0.2) is 0 Å². The number of hydrogen-bond donors (Lipinski definition) is 0. The summed E-state index contributed by atoms with van der Waals surface area (Å²) >= 11 is 6.25. The van der Waals surface area contributed by atoms with Crippen molar-refractivity contribution in [3.63, 3.8) is 0 Å². The Kier molecular flexibility index (Phi) is 5.54. The van der Waals surface area contributed by atoms with E-state index in [2.05, 4.69) is 12.1 Å². The Morgan fingerprint density at radius 1 is 0.786 bits per heavy atom. The molecule has 1 heterocycles. The molecule has 144 valence electrons. The van der Waals surface area contributed by atoms with Crippen LogP contribution in [0.3, 0.4) is 0 Å². The van der Waals surface area contributed by atoms with Gasteiger partial charge >= 0.3 is 0 Å². The summed E-state index contributed by atoms with van der Waals surface area (Å²) in [5.41, 5.74) is 2.32. The molecule has 2 atom stereocenters. The molecule has 0 bridgehead atoms. The van der Waals surface area contributed by atoms with Crippen molar-refractivity contribution < 1.29 is 8.42 Å². The van der Waals surface area contributed by atoms with E-state index in [0.29, 0.717) is 23.0 Å². The molecule has 1 fully saturated rings. The number of rotatable bonds is 4. The Labute approximate surface area is 171 Å². The van der Waals surface area contributed by atoms with Crippen molar-refractivity contribution in [1.29, 1.82) is 0 Å². The van der Waals surface area contributed by atoms with Gasteiger partial charge < -0.3 is 0 Å². The lowest BCUT2D eigenvalue weighted by molar-refractivity contribution is 0.285. The molecule has 1 saturated heterocycles. The zero-order valence-electron chi connectivity index (χ0n) is 15.4. The van der Waals surface area contributed by atoms with Gasteiger partial charge in [-0.1, -0.05) is 72.3 Å². The highest BCUT2D eigenvalue weighted by molar-refractivity contribution is 7.89. The molecule has 0 saturated carbocycles. The first-order valence-corrected chi connectivity index (χ1v) is 11.2. The van der Waals surface area contributed by atoms with E-state index >= 15 is 0 Å². The first kappa shape index (κ1) is 19.2. The van der Waals surface area contributed by atoms with Crippen molar-refractivity contribution in [3.05, 3.63) is 101 Å². The fourth-order valence-corrected chi connectivity index (χ4v) is 5.76. The summed E-state index contributed by atoms with van der Waals surface area (Å²) in [5.74, 6) is 0.301. The Hall–Kier alpha value is -2.14. The van der Waals surface area contributed by atoms with Crippen molar-refractivity contribution in [1.82, 2.24) is 4.31 Å². The first-order chi connectivity index (χ1) is 13.6. The van der Waals surface area contributed by atoms with Crippen LogP contribution in [0.15, 0.2) is 89.8 Å². The normalized spacial score (nSPS) is 20.8. The smallest absolute Gasteiger partial charge is 0.207 e. The lowest BCUT2D eigenvalue weighted by atomic mass is 9.77. The highest BCUT2D eigenvalue weighted by atomic mass is 35.5. The van der Waals surface area contributed by atoms with Crippen LogP contribution in [0, 0.1) is 0 Å². The second kappa shape index (κ2) is 8.08. The molecule has 0 amide bonds. The van der Waals surface area contributed by atoms with Crippen LogP contribution in [0.4, 0.5) is 0 Å². The maximum Gasteiger partial charge on any atom is 0.243 e. The second-order valence-corrected chi connectivity index (χ2v) is 9.52. The standard InChI is InChI=1S/C23H22ClNO2S/c24-20-11-7-10-19(16-20)23-17-25(28(26,27)21-12-5-2-6-13-21)15-14-22(23)18-8-3-1-4-9-18/h1-13,16,22-23H,14-15,17H2/t22-,23-/m1/s1. The van der Waals surface area contributed by atoms with E-state index in [9.17, 15) is 8.42 Å². The summed E-state index contributed by atoms with van der Waals surface area (Å²) in [6.45, 7) is 0.949. The zero-order valence-corrected chi connectivity index (χ0v) is 17.0. The minimum absolute atomic E-state index is 0.0494. The molecule has 0 unspecified atom stereocenters. The van der Waals surface area contributed by atoms with Crippen molar-refractivity contribution in [3.8, 4) is 0 Å². The molecule has 1 aliphatic heterocycles. The molecular formula is C23H22ClNO2S. The van der Waals surface area contributed by atoms with Crippen LogP contribution < -0.4 is 0 Å². The summed E-state index contributed by atoms with van der Waals surface area (Å²) < 4.78 is 28.0. The molecule has 0 aliphatic carbocycles. The Morgan fingerprint density at radius 2 is 1.43 bits per heavy atom. The van der Waals surface area contributed by atoms with Gasteiger partial charge in [-0.25, -0.2) is 8.42 Å². The van der Waals surface area contributed by atoms with E-state index in [4.69, 9.17) is 11.6 Å². The summed E-state index contributed by atoms with van der Waals surface area (Å²) in [5, 5.41) is 0.673. The van der Waals surface area contributed by atoms with Gasteiger partial charge in [-0.05, 0) is 47.7 Å². The summed E-state index contributed by atoms with van der Waals surface area (Å²) in [6, 6.07) is 26.8. The van der Waals surface area contributed by atoms with Gasteiger partial charge in [0.2, 0.25) is 10.0 Å². The van der Waals surface area contributed by atoms with Gasteiger partial charge in [0.1, 0.15) is 0 Å². The molecule has 0 aromatic heterocycles. The fraction of sp³-hybridized carbons (Fsp3) is 0.217. The minimum Gasteiger partial charge on any atom is -0.207 e. The Morgan fingerprint density at radius 3 is 2.11 bits per heavy atom. The molecule has 0 N–H and O–H groups in total. The Balaban J connectivity index is 1.71. The highest BCUT2D eigenvalue weighted by Crippen LogP contribution is 2.41. The van der Waals surface area contributed by atoms with E-state index in [0.717, 1.165) is 12.0 Å². The number of halogens is 1. The maximum absolute atomic E-state index is 13.2. The highest BCUT2D eigenvalue weighted by Gasteiger charge is 2.37. The van der Waals surface area contributed by atoms with Crippen molar-refractivity contribution in [2.75, 3.05) is 13.1 Å². The number of sulfonamides is 1. The molecule has 0 radical (unpaired) electrons. The third-order valence-electron chi connectivity index (χ3n) is 5.46. The summed E-state index contributed by atoms with van der Waals surface area (Å²) in [6.07, 6.45) is 0.771. The van der Waals surface area contributed by atoms with Crippen LogP contribution in [-0.2, 0) is 10.0 Å². The quantitative estimate of drug-likeness (QED) is 0.584. The van der Waals surface area contributed by atoms with Crippen LogP contribution in [0.5, 0.6) is 0 Å². The number of hydrogen-bond acceptors (Lipinski definition) is 2. The third kappa shape index (κ3) is 3.86. The van der Waals surface area contributed by atoms with E-state index in [1.807, 2.05) is 48.5 Å². The van der Waals surface area contributed by atoms with Gasteiger partial charge in [0.25, 0.3) is 0 Å². The average Bonchev–Trinajstić information content (AvgIpc) is 2.74. The zero-order chi connectivity index (χ0) is 19.6. The van der Waals surface area contributed by atoms with Crippen LogP contribution in [0.2, 0.25) is 5.02 Å². The van der Waals surface area contributed by atoms with Crippen LogP contribution in [0.1, 0.15) is 29.4 Å². The van der Waals surface area contributed by atoms with E-state index in [1.165, 1.54) is 5.56 Å². The maximum atomic E-state index is 13.2. The van der Waals surface area contributed by atoms with Gasteiger partial charge in [-0.15, -0.1) is 0 Å². The number of piperidine rings is 1. The summed E-state index contributed by atoms with van der Waals surface area (Å²) in [4.78, 5) is 0.345. The SMILES string of the molecule is O=S(=O)(c1ccccc1)N1CC[C@H](c2ccccc2)[C@@H](c2cccc(Cl)c2)C1. The monoisotopic (exact) mass is 411 g/mol. The number of benzene rings is 3. The van der Waals surface area contributed by atoms with Gasteiger partial charge in [-0.3, -0.25) is 0 Å². The van der Waals surface area contributed by atoms with Crippen LogP contribution in [-0.4, -0.2) is 25.8 Å². The minimum atomic E-state index is -3.52. The van der Waals surface area contributed by atoms with Crippen molar-refractivity contribution >= 4 is 21.6 Å². The lowest BCUT2D eigenvalue weighted by Crippen LogP contribution is -2.42. The van der Waals surface area contributed by atoms with E-state index < -0.39 is 10.0 Å². The van der Waals surface area contributed by atoms with Gasteiger partial charge in [0, 0.05) is 24.0 Å². The second-order valence-electron chi connectivity index (χ2n) is 7.14. The number of nitrogens with zero attached hydrogens (tertiary/aromatic N) is 1. The van der Waals surface area contributed by atoms with Gasteiger partial charge in [-0.2, -0.15) is 4.31 Å². The molecule has 1 aliphatic rings.